The maximum absolute atomic E-state index is 12.4. The molecule has 0 unspecified atom stereocenters. The molecular formula is C11H11O4PS2. The Morgan fingerprint density at radius 3 is 2.28 bits per heavy atom. The molecule has 4 nitrogen and oxygen atoms in total. The third-order valence-corrected chi connectivity index (χ3v) is 6.29. The van der Waals surface area contributed by atoms with Gasteiger partial charge < -0.3 is 13.6 Å². The first-order chi connectivity index (χ1) is 8.62. The maximum atomic E-state index is 12.4. The van der Waals surface area contributed by atoms with Gasteiger partial charge in [-0.25, -0.2) is 0 Å². The van der Waals surface area contributed by atoms with Crippen LogP contribution in [0.5, 0.6) is 0 Å². The predicted molar refractivity (Wildman–Crippen MR) is 71.9 cm³/mol. The zero-order valence-electron chi connectivity index (χ0n) is 9.40. The van der Waals surface area contributed by atoms with Crippen molar-refractivity contribution >= 4 is 35.4 Å². The van der Waals surface area contributed by atoms with Gasteiger partial charge in [0.25, 0.3) is 0 Å². The number of rotatable bonds is 2. The lowest BCUT2D eigenvalue weighted by atomic mass is 9.93. The molecule has 0 amide bonds. The summed E-state index contributed by atoms with van der Waals surface area (Å²) in [7, 11) is 0. The van der Waals surface area contributed by atoms with E-state index in [4.69, 9.17) is 25.4 Å². The number of carbonyl (C=O) groups is 1. The van der Waals surface area contributed by atoms with Crippen LogP contribution in [0.4, 0.5) is 0 Å². The monoisotopic (exact) mass is 302 g/mol. The number of hydrogen-bond donors (Lipinski definition) is 0. The number of carbonyl (C=O) groups excluding carboxylic acids is 1. The first-order valence-electron chi connectivity index (χ1n) is 5.43. The van der Waals surface area contributed by atoms with E-state index in [-0.39, 0.29) is 5.12 Å². The number of fused-ring (bicyclic) bond motifs is 3. The van der Waals surface area contributed by atoms with E-state index in [9.17, 15) is 4.79 Å². The van der Waals surface area contributed by atoms with Crippen molar-refractivity contribution in [3.63, 3.8) is 0 Å². The second-order valence-electron chi connectivity index (χ2n) is 4.25. The number of thioether (sulfide) groups is 1. The minimum absolute atomic E-state index is 0.00894. The summed E-state index contributed by atoms with van der Waals surface area (Å²) in [6, 6.07) is 9.52. The molecule has 0 atom stereocenters. The second kappa shape index (κ2) is 4.71. The molecule has 96 valence electrons. The summed E-state index contributed by atoms with van der Waals surface area (Å²) >= 11 is 6.28. The Hall–Kier alpha value is -0.230. The molecule has 3 heterocycles. The van der Waals surface area contributed by atoms with E-state index in [1.807, 2.05) is 30.3 Å². The summed E-state index contributed by atoms with van der Waals surface area (Å²) in [4.78, 5) is 13.3. The zero-order chi connectivity index (χ0) is 12.6. The highest BCUT2D eigenvalue weighted by Gasteiger charge is 2.52. The van der Waals surface area contributed by atoms with Gasteiger partial charge in [-0.2, -0.15) is 0 Å². The Balaban J connectivity index is 1.75. The molecule has 3 aliphatic heterocycles. The van der Waals surface area contributed by atoms with Crippen LogP contribution in [-0.4, -0.2) is 24.9 Å². The molecule has 0 aromatic heterocycles. The van der Waals surface area contributed by atoms with Crippen molar-refractivity contribution in [1.29, 1.82) is 0 Å². The van der Waals surface area contributed by atoms with Crippen LogP contribution in [0.25, 0.3) is 0 Å². The molecule has 3 saturated heterocycles. The number of benzene rings is 1. The van der Waals surface area contributed by atoms with Gasteiger partial charge in [-0.3, -0.25) is 4.79 Å². The third kappa shape index (κ3) is 2.29. The topological polar surface area (TPSA) is 44.8 Å². The normalized spacial score (nSPS) is 34.4. The lowest BCUT2D eigenvalue weighted by molar-refractivity contribution is -0.137. The van der Waals surface area contributed by atoms with Crippen molar-refractivity contribution < 1.29 is 18.4 Å². The zero-order valence-corrected chi connectivity index (χ0v) is 11.9. The minimum Gasteiger partial charge on any atom is -0.307 e. The summed E-state index contributed by atoms with van der Waals surface area (Å²) in [5.41, 5.74) is -0.707. The second-order valence-corrected chi connectivity index (χ2v) is 8.31. The van der Waals surface area contributed by atoms with Crippen LogP contribution in [0.15, 0.2) is 35.2 Å². The van der Waals surface area contributed by atoms with Crippen LogP contribution in [0.3, 0.4) is 0 Å². The third-order valence-electron chi connectivity index (χ3n) is 2.88. The van der Waals surface area contributed by atoms with Gasteiger partial charge in [-0.05, 0) is 23.9 Å². The van der Waals surface area contributed by atoms with Crippen LogP contribution in [0.2, 0.25) is 0 Å². The van der Waals surface area contributed by atoms with E-state index in [2.05, 4.69) is 0 Å². The first kappa shape index (κ1) is 12.8. The molecule has 0 aliphatic carbocycles. The van der Waals surface area contributed by atoms with Crippen LogP contribution in [0.1, 0.15) is 0 Å². The first-order valence-corrected chi connectivity index (χ1v) is 8.80. The van der Waals surface area contributed by atoms with Crippen LogP contribution in [-0.2, 0) is 30.2 Å². The molecule has 1 aromatic rings. The molecule has 3 fully saturated rings. The van der Waals surface area contributed by atoms with Gasteiger partial charge in [0.2, 0.25) is 5.12 Å². The Bertz CT molecular complexity index is 488. The molecule has 4 rings (SSSR count). The fraction of sp³-hybridized carbons (Fsp3) is 0.364. The highest BCUT2D eigenvalue weighted by Crippen LogP contribution is 2.61. The summed E-state index contributed by atoms with van der Waals surface area (Å²) in [6.45, 7) is -1.60. The molecule has 0 N–H and O–H groups in total. The minimum atomic E-state index is -2.52. The van der Waals surface area contributed by atoms with E-state index in [0.717, 1.165) is 4.90 Å². The Morgan fingerprint density at radius 1 is 1.17 bits per heavy atom. The van der Waals surface area contributed by atoms with Crippen molar-refractivity contribution in [1.82, 2.24) is 0 Å². The lowest BCUT2D eigenvalue weighted by Gasteiger charge is -2.44. The average Bonchev–Trinajstić information content (AvgIpc) is 2.41. The molecule has 0 spiro atoms. The van der Waals surface area contributed by atoms with Gasteiger partial charge in [0, 0.05) is 4.90 Å². The van der Waals surface area contributed by atoms with Crippen LogP contribution < -0.4 is 0 Å². The fourth-order valence-corrected chi connectivity index (χ4v) is 4.54. The van der Waals surface area contributed by atoms with Crippen molar-refractivity contribution in [3.8, 4) is 0 Å². The van der Waals surface area contributed by atoms with E-state index in [1.54, 1.807) is 0 Å². The quantitative estimate of drug-likeness (QED) is 0.618. The number of hydrogen-bond acceptors (Lipinski definition) is 6. The van der Waals surface area contributed by atoms with E-state index >= 15 is 0 Å². The molecule has 3 aliphatic rings. The molecule has 0 saturated carbocycles. The SMILES string of the molecule is O=C(Sc1ccccc1)C12COP(=S)(OC1)OC2. The fourth-order valence-electron chi connectivity index (χ4n) is 1.73. The largest absolute Gasteiger partial charge is 0.327 e. The summed E-state index contributed by atoms with van der Waals surface area (Å²) in [5.74, 6) is 0. The van der Waals surface area contributed by atoms with Crippen molar-refractivity contribution in [3.05, 3.63) is 30.3 Å². The van der Waals surface area contributed by atoms with Gasteiger partial charge in [-0.15, -0.1) is 0 Å². The summed E-state index contributed by atoms with van der Waals surface area (Å²) in [5, 5.41) is 0.00894. The highest BCUT2D eigenvalue weighted by atomic mass is 32.5. The highest BCUT2D eigenvalue weighted by molar-refractivity contribution is 8.13. The predicted octanol–water partition coefficient (Wildman–Crippen LogP) is 2.59. The Kier molecular flexibility index (Phi) is 3.34. The van der Waals surface area contributed by atoms with E-state index < -0.39 is 12.1 Å². The van der Waals surface area contributed by atoms with Gasteiger partial charge in [0.15, 0.2) is 0 Å². The van der Waals surface area contributed by atoms with Crippen LogP contribution >= 0.6 is 18.5 Å². The molecular weight excluding hydrogens is 291 g/mol. The standard InChI is InChI=1S/C11H11O4PS2/c12-10(18-9-4-2-1-3-5-9)11-6-13-16(17,14-7-11)15-8-11/h1-5H,6-8H2. The molecule has 18 heavy (non-hydrogen) atoms. The summed E-state index contributed by atoms with van der Waals surface area (Å²) < 4.78 is 16.1. The lowest BCUT2D eigenvalue weighted by Crippen LogP contribution is -2.49. The molecule has 1 aromatic carbocycles. The van der Waals surface area contributed by atoms with Crippen LogP contribution in [0, 0.1) is 5.41 Å². The Morgan fingerprint density at radius 2 is 1.72 bits per heavy atom. The summed E-state index contributed by atoms with van der Waals surface area (Å²) in [6.07, 6.45) is 0. The smallest absolute Gasteiger partial charge is 0.307 e. The van der Waals surface area contributed by atoms with E-state index in [1.165, 1.54) is 11.8 Å². The van der Waals surface area contributed by atoms with E-state index in [0.29, 0.717) is 19.8 Å². The van der Waals surface area contributed by atoms with Crippen molar-refractivity contribution in [2.45, 2.75) is 4.90 Å². The van der Waals surface area contributed by atoms with Gasteiger partial charge in [0.05, 0.1) is 19.8 Å². The molecule has 2 bridgehead atoms. The maximum Gasteiger partial charge on any atom is 0.327 e. The average molecular weight is 302 g/mol. The van der Waals surface area contributed by atoms with Crippen molar-refractivity contribution in [2.75, 3.05) is 19.8 Å². The molecule has 0 radical (unpaired) electrons. The Labute approximate surface area is 114 Å². The van der Waals surface area contributed by atoms with Gasteiger partial charge >= 0.3 is 6.72 Å². The van der Waals surface area contributed by atoms with Gasteiger partial charge in [0.1, 0.15) is 5.41 Å². The van der Waals surface area contributed by atoms with Gasteiger partial charge in [-0.1, -0.05) is 30.0 Å². The molecule has 7 heteroatoms. The van der Waals surface area contributed by atoms with Crippen molar-refractivity contribution in [2.24, 2.45) is 5.41 Å².